The SMILES string of the molecule is COCc1c(C(=O)N2CCOC(c3ccccc3)C2)sc2cccc(F)c12. The zero-order valence-corrected chi connectivity index (χ0v) is 15.8. The average molecular weight is 385 g/mol. The van der Waals surface area contributed by atoms with Gasteiger partial charge >= 0.3 is 0 Å². The van der Waals surface area contributed by atoms with Crippen LogP contribution in [0, 0.1) is 5.82 Å². The number of halogens is 1. The first-order chi connectivity index (χ1) is 13.2. The van der Waals surface area contributed by atoms with E-state index in [-0.39, 0.29) is 24.4 Å². The molecular formula is C21H20FNO3S. The maximum absolute atomic E-state index is 14.4. The molecule has 0 N–H and O–H groups in total. The molecule has 27 heavy (non-hydrogen) atoms. The quantitative estimate of drug-likeness (QED) is 0.668. The second-order valence-electron chi connectivity index (χ2n) is 6.48. The number of hydrogen-bond donors (Lipinski definition) is 0. The monoisotopic (exact) mass is 385 g/mol. The molecule has 1 fully saturated rings. The highest BCUT2D eigenvalue weighted by Gasteiger charge is 2.29. The average Bonchev–Trinajstić information content (AvgIpc) is 3.08. The van der Waals surface area contributed by atoms with Crippen molar-refractivity contribution < 1.29 is 18.7 Å². The van der Waals surface area contributed by atoms with E-state index in [1.165, 1.54) is 17.4 Å². The van der Waals surface area contributed by atoms with Gasteiger partial charge < -0.3 is 14.4 Å². The number of carbonyl (C=O) groups excluding carboxylic acids is 1. The lowest BCUT2D eigenvalue weighted by molar-refractivity contribution is -0.0227. The van der Waals surface area contributed by atoms with Gasteiger partial charge in [-0.1, -0.05) is 36.4 Å². The Labute approximate surface area is 161 Å². The van der Waals surface area contributed by atoms with Gasteiger partial charge in [0.15, 0.2) is 0 Å². The van der Waals surface area contributed by atoms with E-state index < -0.39 is 0 Å². The zero-order valence-electron chi connectivity index (χ0n) is 15.0. The third kappa shape index (κ3) is 3.48. The second-order valence-corrected chi connectivity index (χ2v) is 7.53. The summed E-state index contributed by atoms with van der Waals surface area (Å²) < 4.78 is 26.3. The van der Waals surface area contributed by atoms with Crippen molar-refractivity contribution in [1.29, 1.82) is 0 Å². The minimum atomic E-state index is -0.320. The number of thiophene rings is 1. The van der Waals surface area contributed by atoms with Crippen LogP contribution in [0.5, 0.6) is 0 Å². The number of nitrogens with zero attached hydrogens (tertiary/aromatic N) is 1. The Kier molecular flexibility index (Phi) is 5.20. The number of fused-ring (bicyclic) bond motifs is 1. The van der Waals surface area contributed by atoms with Crippen molar-refractivity contribution >= 4 is 27.3 Å². The van der Waals surface area contributed by atoms with E-state index in [4.69, 9.17) is 9.47 Å². The summed E-state index contributed by atoms with van der Waals surface area (Å²) in [5.41, 5.74) is 1.68. The number of benzene rings is 2. The molecule has 1 aromatic heterocycles. The lowest BCUT2D eigenvalue weighted by atomic mass is 10.1. The Bertz CT molecular complexity index is 957. The van der Waals surface area contributed by atoms with E-state index in [9.17, 15) is 9.18 Å². The molecule has 4 rings (SSSR count). The molecule has 0 bridgehead atoms. The van der Waals surface area contributed by atoms with Crippen LogP contribution in [0.2, 0.25) is 0 Å². The number of ether oxygens (including phenoxy) is 2. The molecule has 0 radical (unpaired) electrons. The molecule has 1 amide bonds. The Morgan fingerprint density at radius 2 is 2.07 bits per heavy atom. The highest BCUT2D eigenvalue weighted by molar-refractivity contribution is 7.21. The molecule has 1 aliphatic heterocycles. The second kappa shape index (κ2) is 7.76. The van der Waals surface area contributed by atoms with E-state index in [0.29, 0.717) is 35.5 Å². The predicted octanol–water partition coefficient (Wildman–Crippen LogP) is 4.40. The molecule has 0 saturated carbocycles. The van der Waals surface area contributed by atoms with Gasteiger partial charge in [-0.25, -0.2) is 4.39 Å². The Morgan fingerprint density at radius 3 is 2.85 bits per heavy atom. The minimum absolute atomic E-state index is 0.0909. The first kappa shape index (κ1) is 18.1. The van der Waals surface area contributed by atoms with Gasteiger partial charge in [0, 0.05) is 29.3 Å². The molecule has 1 unspecified atom stereocenters. The summed E-state index contributed by atoms with van der Waals surface area (Å²) in [5.74, 6) is -0.411. The van der Waals surface area contributed by atoms with Crippen LogP contribution in [-0.2, 0) is 16.1 Å². The maximum atomic E-state index is 14.4. The summed E-state index contributed by atoms with van der Waals surface area (Å²) in [7, 11) is 1.55. The number of methoxy groups -OCH3 is 1. The van der Waals surface area contributed by atoms with Crippen molar-refractivity contribution in [2.45, 2.75) is 12.7 Å². The molecule has 1 saturated heterocycles. The topological polar surface area (TPSA) is 38.8 Å². The largest absolute Gasteiger partial charge is 0.380 e. The summed E-state index contributed by atoms with van der Waals surface area (Å²) in [4.78, 5) is 15.6. The lowest BCUT2D eigenvalue weighted by Crippen LogP contribution is -2.42. The molecule has 140 valence electrons. The predicted molar refractivity (Wildman–Crippen MR) is 104 cm³/mol. The van der Waals surface area contributed by atoms with Crippen LogP contribution in [0.1, 0.15) is 26.9 Å². The Balaban J connectivity index is 1.66. The van der Waals surface area contributed by atoms with Crippen molar-refractivity contribution in [3.05, 3.63) is 70.4 Å². The summed E-state index contributed by atoms with van der Waals surface area (Å²) in [6, 6.07) is 14.8. The molecule has 3 aromatic rings. The maximum Gasteiger partial charge on any atom is 0.264 e. The van der Waals surface area contributed by atoms with Crippen molar-refractivity contribution in [1.82, 2.24) is 4.90 Å². The molecule has 1 atom stereocenters. The number of rotatable bonds is 4. The Morgan fingerprint density at radius 1 is 1.26 bits per heavy atom. The van der Waals surface area contributed by atoms with Crippen LogP contribution in [0.25, 0.3) is 10.1 Å². The number of amides is 1. The van der Waals surface area contributed by atoms with Crippen molar-refractivity contribution in [3.63, 3.8) is 0 Å². The fraction of sp³-hybridized carbons (Fsp3) is 0.286. The van der Waals surface area contributed by atoms with E-state index in [1.807, 2.05) is 36.4 Å². The third-order valence-corrected chi connectivity index (χ3v) is 5.96. The molecule has 2 heterocycles. The van der Waals surface area contributed by atoms with Gasteiger partial charge in [-0.05, 0) is 17.7 Å². The van der Waals surface area contributed by atoms with Crippen LogP contribution in [-0.4, -0.2) is 37.6 Å². The highest BCUT2D eigenvalue weighted by atomic mass is 32.1. The van der Waals surface area contributed by atoms with Crippen LogP contribution in [0.3, 0.4) is 0 Å². The molecule has 0 aliphatic carbocycles. The molecular weight excluding hydrogens is 365 g/mol. The minimum Gasteiger partial charge on any atom is -0.380 e. The van der Waals surface area contributed by atoms with Gasteiger partial charge in [-0.15, -0.1) is 11.3 Å². The van der Waals surface area contributed by atoms with Crippen molar-refractivity contribution in [2.24, 2.45) is 0 Å². The van der Waals surface area contributed by atoms with Crippen LogP contribution < -0.4 is 0 Å². The summed E-state index contributed by atoms with van der Waals surface area (Å²) in [6.07, 6.45) is -0.152. The van der Waals surface area contributed by atoms with Crippen LogP contribution in [0.15, 0.2) is 48.5 Å². The number of morpholine rings is 1. The molecule has 2 aromatic carbocycles. The standard InChI is InChI=1S/C21H20FNO3S/c1-25-13-15-19-16(22)8-5-9-18(19)27-20(15)21(24)23-10-11-26-17(12-23)14-6-3-2-4-7-14/h2-9,17H,10-13H2,1H3. The zero-order chi connectivity index (χ0) is 18.8. The summed E-state index contributed by atoms with van der Waals surface area (Å²) >= 11 is 1.32. The van der Waals surface area contributed by atoms with Crippen molar-refractivity contribution in [3.8, 4) is 0 Å². The smallest absolute Gasteiger partial charge is 0.264 e. The Hall–Kier alpha value is -2.28. The van der Waals surface area contributed by atoms with Gasteiger partial charge in [0.1, 0.15) is 11.9 Å². The fourth-order valence-electron chi connectivity index (χ4n) is 3.47. The number of hydrogen-bond acceptors (Lipinski definition) is 4. The summed E-state index contributed by atoms with van der Waals surface area (Å²) in [6.45, 7) is 1.68. The van der Waals surface area contributed by atoms with Gasteiger partial charge in [0.25, 0.3) is 5.91 Å². The van der Waals surface area contributed by atoms with Crippen LogP contribution >= 0.6 is 11.3 Å². The van der Waals surface area contributed by atoms with Gasteiger partial charge in [0.2, 0.25) is 0 Å². The van der Waals surface area contributed by atoms with E-state index in [2.05, 4.69) is 0 Å². The third-order valence-electron chi connectivity index (χ3n) is 4.77. The van der Waals surface area contributed by atoms with Gasteiger partial charge in [0.05, 0.1) is 24.6 Å². The molecule has 4 nitrogen and oxygen atoms in total. The van der Waals surface area contributed by atoms with E-state index in [1.54, 1.807) is 18.1 Å². The van der Waals surface area contributed by atoms with Gasteiger partial charge in [-0.2, -0.15) is 0 Å². The van der Waals surface area contributed by atoms with Gasteiger partial charge in [-0.3, -0.25) is 4.79 Å². The van der Waals surface area contributed by atoms with E-state index in [0.717, 1.165) is 10.3 Å². The van der Waals surface area contributed by atoms with Crippen molar-refractivity contribution in [2.75, 3.05) is 26.8 Å². The first-order valence-corrected chi connectivity index (χ1v) is 9.65. The number of carbonyl (C=O) groups is 1. The lowest BCUT2D eigenvalue weighted by Gasteiger charge is -2.33. The molecule has 6 heteroatoms. The van der Waals surface area contributed by atoms with E-state index >= 15 is 0 Å². The molecule has 1 aliphatic rings. The fourth-order valence-corrected chi connectivity index (χ4v) is 4.66. The van der Waals surface area contributed by atoms with Crippen LogP contribution in [0.4, 0.5) is 4.39 Å². The first-order valence-electron chi connectivity index (χ1n) is 8.83. The normalized spacial score (nSPS) is 17.4. The molecule has 0 spiro atoms. The highest BCUT2D eigenvalue weighted by Crippen LogP contribution is 2.35. The summed E-state index contributed by atoms with van der Waals surface area (Å²) in [5, 5.41) is 0.487.